The third-order valence-corrected chi connectivity index (χ3v) is 3.34. The first-order valence-electron chi connectivity index (χ1n) is 7.42. The second-order valence-corrected chi connectivity index (χ2v) is 5.21. The summed E-state index contributed by atoms with van der Waals surface area (Å²) < 4.78 is 6.63. The molecule has 7 nitrogen and oxygen atoms in total. The number of imide groups is 1. The van der Waals surface area contributed by atoms with Crippen LogP contribution in [0.15, 0.2) is 48.7 Å². The number of hydrogen-bond donors (Lipinski definition) is 2. The molecule has 2 rings (SSSR count). The molecule has 7 heteroatoms. The number of rotatable bonds is 5. The van der Waals surface area contributed by atoms with E-state index >= 15 is 0 Å². The number of carbonyl (C=O) groups is 3. The van der Waals surface area contributed by atoms with Crippen LogP contribution in [0.1, 0.15) is 23.0 Å². The van der Waals surface area contributed by atoms with E-state index in [1.165, 1.54) is 6.92 Å². The summed E-state index contributed by atoms with van der Waals surface area (Å²) in [6.45, 7) is 1.69. The maximum atomic E-state index is 11.9. The second kappa shape index (κ2) is 7.96. The van der Waals surface area contributed by atoms with Gasteiger partial charge < -0.3 is 14.6 Å². The zero-order valence-electron chi connectivity index (χ0n) is 13.5. The van der Waals surface area contributed by atoms with E-state index in [0.717, 1.165) is 5.56 Å². The van der Waals surface area contributed by atoms with Crippen molar-refractivity contribution in [1.29, 1.82) is 0 Å². The maximum absolute atomic E-state index is 11.9. The van der Waals surface area contributed by atoms with Gasteiger partial charge in [-0.05, 0) is 24.6 Å². The summed E-state index contributed by atoms with van der Waals surface area (Å²) in [5, 5.41) is 4.70. The average Bonchev–Trinajstić information content (AvgIpc) is 3.00. The van der Waals surface area contributed by atoms with E-state index in [9.17, 15) is 14.4 Å². The standard InChI is InChI=1S/C17H19N3O4/c1-12(24-16(22)14-9-6-10-20(14)2)15(21)19-17(23)18-11-13-7-4-3-5-8-13/h3-10,12H,11H2,1-2H3,(H2,18,19,21,23)/t12-/m0/s1. The molecule has 0 radical (unpaired) electrons. The lowest BCUT2D eigenvalue weighted by molar-refractivity contribution is -0.127. The lowest BCUT2D eigenvalue weighted by Gasteiger charge is -2.13. The largest absolute Gasteiger partial charge is 0.448 e. The lowest BCUT2D eigenvalue weighted by Crippen LogP contribution is -2.44. The number of nitrogens with one attached hydrogen (secondary N) is 2. The molecule has 2 N–H and O–H groups in total. The Morgan fingerprint density at radius 1 is 1.12 bits per heavy atom. The molecular formula is C17H19N3O4. The maximum Gasteiger partial charge on any atom is 0.355 e. The minimum atomic E-state index is -1.09. The molecule has 1 aromatic carbocycles. The first-order valence-corrected chi connectivity index (χ1v) is 7.42. The van der Waals surface area contributed by atoms with Crippen LogP contribution in [0.2, 0.25) is 0 Å². The molecule has 0 saturated carbocycles. The van der Waals surface area contributed by atoms with Crippen molar-refractivity contribution in [3.63, 3.8) is 0 Å². The summed E-state index contributed by atoms with van der Waals surface area (Å²) >= 11 is 0. The van der Waals surface area contributed by atoms with Gasteiger partial charge in [0.1, 0.15) is 5.69 Å². The minimum absolute atomic E-state index is 0.289. The van der Waals surface area contributed by atoms with Crippen LogP contribution in [-0.2, 0) is 23.1 Å². The fraction of sp³-hybridized carbons (Fsp3) is 0.235. The van der Waals surface area contributed by atoms with E-state index in [0.29, 0.717) is 5.69 Å². The number of ether oxygens (including phenoxy) is 1. The molecule has 24 heavy (non-hydrogen) atoms. The highest BCUT2D eigenvalue weighted by atomic mass is 16.5. The molecule has 0 unspecified atom stereocenters. The number of nitrogens with zero attached hydrogens (tertiary/aromatic N) is 1. The highest BCUT2D eigenvalue weighted by molar-refractivity contribution is 5.98. The molecule has 0 aliphatic heterocycles. The predicted octanol–water partition coefficient (Wildman–Crippen LogP) is 1.60. The summed E-state index contributed by atoms with van der Waals surface area (Å²) in [5.74, 6) is -1.32. The zero-order chi connectivity index (χ0) is 17.5. The Labute approximate surface area is 139 Å². The molecule has 1 heterocycles. The lowest BCUT2D eigenvalue weighted by atomic mass is 10.2. The number of carbonyl (C=O) groups excluding carboxylic acids is 3. The summed E-state index contributed by atoms with van der Waals surface area (Å²) in [4.78, 5) is 35.5. The average molecular weight is 329 g/mol. The molecule has 0 spiro atoms. The van der Waals surface area contributed by atoms with E-state index in [4.69, 9.17) is 4.74 Å². The Balaban J connectivity index is 1.79. The quantitative estimate of drug-likeness (QED) is 0.815. The molecule has 0 bridgehead atoms. The SMILES string of the molecule is C[C@H](OC(=O)c1cccn1C)C(=O)NC(=O)NCc1ccccc1. The third-order valence-electron chi connectivity index (χ3n) is 3.34. The Morgan fingerprint density at radius 3 is 2.46 bits per heavy atom. The summed E-state index contributed by atoms with van der Waals surface area (Å²) in [5.41, 5.74) is 1.23. The Morgan fingerprint density at radius 2 is 1.83 bits per heavy atom. The van der Waals surface area contributed by atoms with E-state index in [-0.39, 0.29) is 6.54 Å². The molecule has 0 saturated heterocycles. The molecule has 3 amide bonds. The number of benzene rings is 1. The van der Waals surface area contributed by atoms with Gasteiger partial charge in [0.2, 0.25) is 0 Å². The third kappa shape index (κ3) is 4.70. The Kier molecular flexibility index (Phi) is 5.73. The van der Waals surface area contributed by atoms with E-state index in [2.05, 4.69) is 10.6 Å². The predicted molar refractivity (Wildman–Crippen MR) is 87.1 cm³/mol. The van der Waals surface area contributed by atoms with Gasteiger partial charge in [-0.15, -0.1) is 0 Å². The molecule has 1 atom stereocenters. The van der Waals surface area contributed by atoms with Crippen LogP contribution in [-0.4, -0.2) is 28.6 Å². The number of urea groups is 1. The monoisotopic (exact) mass is 329 g/mol. The van der Waals surface area contributed by atoms with E-state index in [1.807, 2.05) is 30.3 Å². The van der Waals surface area contributed by atoms with Gasteiger partial charge in [0.25, 0.3) is 5.91 Å². The molecular weight excluding hydrogens is 310 g/mol. The zero-order valence-corrected chi connectivity index (χ0v) is 13.5. The van der Waals surface area contributed by atoms with Crippen LogP contribution in [0, 0.1) is 0 Å². The van der Waals surface area contributed by atoms with Crippen LogP contribution in [0.25, 0.3) is 0 Å². The molecule has 0 fully saturated rings. The fourth-order valence-electron chi connectivity index (χ4n) is 1.98. The van der Waals surface area contributed by atoms with Crippen molar-refractivity contribution in [1.82, 2.24) is 15.2 Å². The van der Waals surface area contributed by atoms with Gasteiger partial charge in [-0.2, -0.15) is 0 Å². The number of amides is 3. The van der Waals surface area contributed by atoms with Crippen molar-refractivity contribution in [3.8, 4) is 0 Å². The van der Waals surface area contributed by atoms with Gasteiger partial charge >= 0.3 is 12.0 Å². The van der Waals surface area contributed by atoms with Crippen molar-refractivity contribution in [2.45, 2.75) is 19.6 Å². The second-order valence-electron chi connectivity index (χ2n) is 5.21. The van der Waals surface area contributed by atoms with Crippen molar-refractivity contribution in [2.75, 3.05) is 0 Å². The van der Waals surface area contributed by atoms with Crippen molar-refractivity contribution >= 4 is 17.9 Å². The van der Waals surface area contributed by atoms with Crippen LogP contribution in [0.3, 0.4) is 0 Å². The summed E-state index contributed by atoms with van der Waals surface area (Å²) in [6, 6.07) is 11.9. The minimum Gasteiger partial charge on any atom is -0.448 e. The normalized spacial score (nSPS) is 11.4. The molecule has 0 aliphatic rings. The first kappa shape index (κ1) is 17.3. The van der Waals surface area contributed by atoms with Crippen molar-refractivity contribution < 1.29 is 19.1 Å². The van der Waals surface area contributed by atoms with Crippen LogP contribution in [0.5, 0.6) is 0 Å². The van der Waals surface area contributed by atoms with Crippen molar-refractivity contribution in [3.05, 3.63) is 59.9 Å². The number of hydrogen-bond acceptors (Lipinski definition) is 4. The summed E-state index contributed by atoms with van der Waals surface area (Å²) in [7, 11) is 1.69. The van der Waals surface area contributed by atoms with Crippen LogP contribution < -0.4 is 10.6 Å². The van der Waals surface area contributed by atoms with E-state index < -0.39 is 24.0 Å². The van der Waals surface area contributed by atoms with Gasteiger partial charge in [0.05, 0.1) is 0 Å². The number of esters is 1. The topological polar surface area (TPSA) is 89.4 Å². The molecule has 0 aliphatic carbocycles. The molecule has 126 valence electrons. The van der Waals surface area contributed by atoms with Gasteiger partial charge in [0.15, 0.2) is 6.10 Å². The first-order chi connectivity index (χ1) is 11.5. The smallest absolute Gasteiger partial charge is 0.355 e. The molecule has 1 aromatic heterocycles. The van der Waals surface area contributed by atoms with E-state index in [1.54, 1.807) is 29.9 Å². The fourth-order valence-corrected chi connectivity index (χ4v) is 1.98. The number of aryl methyl sites for hydroxylation is 1. The van der Waals surface area contributed by atoms with Crippen LogP contribution in [0.4, 0.5) is 4.79 Å². The van der Waals surface area contributed by atoms with Crippen LogP contribution >= 0.6 is 0 Å². The van der Waals surface area contributed by atoms with Gasteiger partial charge in [-0.25, -0.2) is 9.59 Å². The van der Waals surface area contributed by atoms with Crippen molar-refractivity contribution in [2.24, 2.45) is 7.05 Å². The van der Waals surface area contributed by atoms with Gasteiger partial charge in [-0.1, -0.05) is 30.3 Å². The Hall–Kier alpha value is -3.09. The Bertz CT molecular complexity index is 724. The highest BCUT2D eigenvalue weighted by Gasteiger charge is 2.21. The number of aromatic nitrogens is 1. The summed E-state index contributed by atoms with van der Waals surface area (Å²) in [6.07, 6.45) is 0.605. The molecule has 2 aromatic rings. The van der Waals surface area contributed by atoms with Gasteiger partial charge in [-0.3, -0.25) is 10.1 Å². The van der Waals surface area contributed by atoms with Gasteiger partial charge in [0, 0.05) is 19.8 Å². The highest BCUT2D eigenvalue weighted by Crippen LogP contribution is 2.04.